The predicted molar refractivity (Wildman–Crippen MR) is 73.1 cm³/mol. The Morgan fingerprint density at radius 2 is 2.00 bits per heavy atom. The number of rotatable bonds is 6. The van der Waals surface area contributed by atoms with Crippen molar-refractivity contribution in [2.45, 2.75) is 59.1 Å². The van der Waals surface area contributed by atoms with Gasteiger partial charge in [0, 0.05) is 0 Å². The molecule has 0 spiro atoms. The highest BCUT2D eigenvalue weighted by molar-refractivity contribution is 4.98. The minimum absolute atomic E-state index is 0.213. The molecule has 1 unspecified atom stereocenters. The maximum atomic E-state index is 10.9. The smallest absolute Gasteiger partial charge is 0.137 e. The minimum atomic E-state index is -0.815. The van der Waals surface area contributed by atoms with Crippen molar-refractivity contribution in [3.8, 4) is 0 Å². The molecule has 1 rings (SSSR count). The Balaban J connectivity index is 2.76. The van der Waals surface area contributed by atoms with Crippen LogP contribution in [-0.4, -0.2) is 25.5 Å². The van der Waals surface area contributed by atoms with Crippen molar-refractivity contribution >= 4 is 0 Å². The second-order valence-corrected chi connectivity index (χ2v) is 5.84. The Morgan fingerprint density at radius 3 is 2.50 bits per heavy atom. The summed E-state index contributed by atoms with van der Waals surface area (Å²) in [6, 6.07) is 0. The van der Waals surface area contributed by atoms with Gasteiger partial charge in [-0.1, -0.05) is 46.3 Å². The SMILES string of the molecule is CCCC=CCC(O)(Cn1cncn1)C(C)(C)C. The molecule has 4 nitrogen and oxygen atoms in total. The zero-order valence-corrected chi connectivity index (χ0v) is 11.9. The van der Waals surface area contributed by atoms with Crippen molar-refractivity contribution in [3.63, 3.8) is 0 Å². The van der Waals surface area contributed by atoms with Crippen LogP contribution < -0.4 is 0 Å². The van der Waals surface area contributed by atoms with Gasteiger partial charge in [-0.3, -0.25) is 4.68 Å². The van der Waals surface area contributed by atoms with E-state index in [4.69, 9.17) is 0 Å². The summed E-state index contributed by atoms with van der Waals surface area (Å²) in [5.41, 5.74) is -1.03. The number of hydrogen-bond donors (Lipinski definition) is 1. The monoisotopic (exact) mass is 251 g/mol. The van der Waals surface area contributed by atoms with Crippen LogP contribution in [0.15, 0.2) is 24.8 Å². The summed E-state index contributed by atoms with van der Waals surface area (Å²) >= 11 is 0. The van der Waals surface area contributed by atoms with Gasteiger partial charge in [0.25, 0.3) is 0 Å². The molecule has 0 radical (unpaired) electrons. The van der Waals surface area contributed by atoms with Crippen LogP contribution in [0.5, 0.6) is 0 Å². The zero-order valence-electron chi connectivity index (χ0n) is 11.9. The molecule has 1 aromatic heterocycles. The largest absolute Gasteiger partial charge is 0.387 e. The van der Waals surface area contributed by atoms with Gasteiger partial charge in [-0.15, -0.1) is 0 Å². The van der Waals surface area contributed by atoms with Crippen LogP contribution in [0.25, 0.3) is 0 Å². The van der Waals surface area contributed by atoms with Crippen molar-refractivity contribution in [1.82, 2.24) is 14.8 Å². The van der Waals surface area contributed by atoms with Gasteiger partial charge in [0.1, 0.15) is 12.7 Å². The number of nitrogens with zero attached hydrogens (tertiary/aromatic N) is 3. The Labute approximate surface area is 110 Å². The van der Waals surface area contributed by atoms with E-state index in [1.165, 1.54) is 6.33 Å². The average molecular weight is 251 g/mol. The molecular weight excluding hydrogens is 226 g/mol. The molecule has 0 bridgehead atoms. The lowest BCUT2D eigenvalue weighted by Crippen LogP contribution is -2.46. The highest BCUT2D eigenvalue weighted by Gasteiger charge is 2.39. The molecular formula is C14H25N3O. The van der Waals surface area contributed by atoms with Crippen LogP contribution in [0, 0.1) is 5.41 Å². The molecule has 1 aromatic rings. The van der Waals surface area contributed by atoms with Crippen molar-refractivity contribution in [1.29, 1.82) is 0 Å². The molecule has 0 aliphatic heterocycles. The van der Waals surface area contributed by atoms with Gasteiger partial charge >= 0.3 is 0 Å². The topological polar surface area (TPSA) is 50.9 Å². The highest BCUT2D eigenvalue weighted by Crippen LogP contribution is 2.35. The second kappa shape index (κ2) is 6.14. The first kappa shape index (κ1) is 14.9. The predicted octanol–water partition coefficient (Wildman–Crippen LogP) is 2.80. The van der Waals surface area contributed by atoms with E-state index in [0.29, 0.717) is 13.0 Å². The minimum Gasteiger partial charge on any atom is -0.387 e. The Hall–Kier alpha value is -1.16. The summed E-state index contributed by atoms with van der Waals surface area (Å²) in [6.07, 6.45) is 10.2. The van der Waals surface area contributed by atoms with E-state index in [2.05, 4.69) is 49.9 Å². The summed E-state index contributed by atoms with van der Waals surface area (Å²) in [5.74, 6) is 0. The molecule has 4 heteroatoms. The lowest BCUT2D eigenvalue weighted by Gasteiger charge is -2.39. The highest BCUT2D eigenvalue weighted by atomic mass is 16.3. The maximum Gasteiger partial charge on any atom is 0.137 e. The van der Waals surface area contributed by atoms with Crippen LogP contribution in [0.3, 0.4) is 0 Å². The third kappa shape index (κ3) is 3.95. The third-order valence-corrected chi connectivity index (χ3v) is 3.36. The fourth-order valence-electron chi connectivity index (χ4n) is 1.75. The fourth-order valence-corrected chi connectivity index (χ4v) is 1.75. The van der Waals surface area contributed by atoms with Gasteiger partial charge in [-0.2, -0.15) is 5.10 Å². The molecule has 1 atom stereocenters. The van der Waals surface area contributed by atoms with Crippen molar-refractivity contribution in [2.75, 3.05) is 0 Å². The molecule has 1 N–H and O–H groups in total. The van der Waals surface area contributed by atoms with Crippen molar-refractivity contribution in [2.24, 2.45) is 5.41 Å². The summed E-state index contributed by atoms with van der Waals surface area (Å²) in [7, 11) is 0. The first-order valence-corrected chi connectivity index (χ1v) is 6.59. The Kier molecular flexibility index (Phi) is 5.08. The van der Waals surface area contributed by atoms with Gasteiger partial charge in [0.2, 0.25) is 0 Å². The van der Waals surface area contributed by atoms with Crippen molar-refractivity contribution < 1.29 is 5.11 Å². The molecule has 0 saturated carbocycles. The van der Waals surface area contributed by atoms with Crippen LogP contribution in [0.1, 0.15) is 47.0 Å². The zero-order chi connectivity index (χ0) is 13.6. The standard InChI is InChI=1S/C14H25N3O/c1-5-6-7-8-9-14(18,13(2,3)4)10-17-12-15-11-16-17/h7-8,11-12,18H,5-6,9-10H2,1-4H3. The van der Waals surface area contributed by atoms with Crippen LogP contribution in [0.4, 0.5) is 0 Å². The molecule has 0 fully saturated rings. The normalized spacial score (nSPS) is 16.1. The molecule has 0 aromatic carbocycles. The first-order chi connectivity index (χ1) is 8.39. The van der Waals surface area contributed by atoms with E-state index in [1.54, 1.807) is 11.0 Å². The van der Waals surface area contributed by atoms with Gasteiger partial charge < -0.3 is 5.11 Å². The molecule has 0 aliphatic carbocycles. The summed E-state index contributed by atoms with van der Waals surface area (Å²) in [6.45, 7) is 8.77. The van der Waals surface area contributed by atoms with E-state index >= 15 is 0 Å². The lowest BCUT2D eigenvalue weighted by molar-refractivity contribution is -0.0709. The number of unbranched alkanes of at least 4 members (excludes halogenated alkanes) is 1. The average Bonchev–Trinajstić information content (AvgIpc) is 2.75. The molecule has 1 heterocycles. The van der Waals surface area contributed by atoms with E-state index < -0.39 is 5.60 Å². The van der Waals surface area contributed by atoms with E-state index in [9.17, 15) is 5.11 Å². The molecule has 0 amide bonds. The quantitative estimate of drug-likeness (QED) is 0.791. The van der Waals surface area contributed by atoms with Crippen LogP contribution >= 0.6 is 0 Å². The Bertz CT molecular complexity index is 365. The number of allylic oxidation sites excluding steroid dienone is 1. The third-order valence-electron chi connectivity index (χ3n) is 3.36. The van der Waals surface area contributed by atoms with Crippen molar-refractivity contribution in [3.05, 3.63) is 24.8 Å². The van der Waals surface area contributed by atoms with Crippen LogP contribution in [0.2, 0.25) is 0 Å². The fraction of sp³-hybridized carbons (Fsp3) is 0.714. The maximum absolute atomic E-state index is 10.9. The molecule has 0 saturated heterocycles. The summed E-state index contributed by atoms with van der Waals surface area (Å²) in [5, 5.41) is 15.0. The first-order valence-electron chi connectivity index (χ1n) is 6.59. The molecule has 102 valence electrons. The van der Waals surface area contributed by atoms with E-state index in [0.717, 1.165) is 12.8 Å². The lowest BCUT2D eigenvalue weighted by atomic mass is 9.74. The van der Waals surface area contributed by atoms with Gasteiger partial charge in [-0.25, -0.2) is 4.98 Å². The number of aliphatic hydroxyl groups is 1. The van der Waals surface area contributed by atoms with Gasteiger partial charge in [-0.05, 0) is 18.3 Å². The van der Waals surface area contributed by atoms with Crippen LogP contribution in [-0.2, 0) is 6.54 Å². The number of aromatic nitrogens is 3. The van der Waals surface area contributed by atoms with E-state index in [1.807, 2.05) is 0 Å². The molecule has 18 heavy (non-hydrogen) atoms. The Morgan fingerprint density at radius 1 is 1.28 bits per heavy atom. The van der Waals surface area contributed by atoms with E-state index in [-0.39, 0.29) is 5.41 Å². The summed E-state index contributed by atoms with van der Waals surface area (Å²) < 4.78 is 1.69. The van der Waals surface area contributed by atoms with Gasteiger partial charge in [0.15, 0.2) is 0 Å². The van der Waals surface area contributed by atoms with Gasteiger partial charge in [0.05, 0.1) is 12.1 Å². The number of hydrogen-bond acceptors (Lipinski definition) is 3. The second-order valence-electron chi connectivity index (χ2n) is 5.84. The molecule has 0 aliphatic rings. The summed E-state index contributed by atoms with van der Waals surface area (Å²) in [4.78, 5) is 3.92.